The van der Waals surface area contributed by atoms with Gasteiger partial charge in [0.15, 0.2) is 0 Å². The van der Waals surface area contributed by atoms with Crippen LogP contribution in [0.15, 0.2) is 42.5 Å². The maximum Gasteiger partial charge on any atom is 0.225 e. The summed E-state index contributed by atoms with van der Waals surface area (Å²) in [6, 6.07) is 12.0. The van der Waals surface area contributed by atoms with Crippen LogP contribution in [0.25, 0.3) is 0 Å². The Balaban J connectivity index is 1.62. The number of thioether (sulfide) groups is 1. The Labute approximate surface area is 150 Å². The zero-order chi connectivity index (χ0) is 17.4. The minimum atomic E-state index is -0.532. The molecule has 128 valence electrons. The van der Waals surface area contributed by atoms with E-state index in [4.69, 9.17) is 16.3 Å². The normalized spacial score (nSPS) is 10.5. The van der Waals surface area contributed by atoms with Crippen LogP contribution in [0.1, 0.15) is 12.0 Å². The first kappa shape index (κ1) is 18.6. The molecule has 2 aromatic rings. The van der Waals surface area contributed by atoms with Gasteiger partial charge < -0.3 is 10.1 Å². The predicted molar refractivity (Wildman–Crippen MR) is 98.7 cm³/mol. The van der Waals surface area contributed by atoms with Crippen LogP contribution in [0.3, 0.4) is 0 Å². The van der Waals surface area contributed by atoms with E-state index in [1.54, 1.807) is 11.8 Å². The fraction of sp³-hybridized carbons (Fsp3) is 0.278. The van der Waals surface area contributed by atoms with Gasteiger partial charge in [-0.2, -0.15) is 11.8 Å². The number of aryl methyl sites for hydroxylation is 1. The molecule has 1 N–H and O–H groups in total. The third kappa shape index (κ3) is 6.06. The smallest absolute Gasteiger partial charge is 0.225 e. The summed E-state index contributed by atoms with van der Waals surface area (Å²) in [5.41, 5.74) is 1.25. The summed E-state index contributed by atoms with van der Waals surface area (Å²) >= 11 is 7.29. The molecule has 0 aliphatic carbocycles. The third-order valence-corrected chi connectivity index (χ3v) is 4.44. The largest absolute Gasteiger partial charge is 0.492 e. The molecule has 0 fully saturated rings. The summed E-state index contributed by atoms with van der Waals surface area (Å²) in [6.45, 7) is 2.59. The monoisotopic (exact) mass is 367 g/mol. The number of para-hydroxylation sites is 1. The molecule has 6 heteroatoms. The number of rotatable bonds is 8. The number of halogens is 2. The van der Waals surface area contributed by atoms with E-state index in [-0.39, 0.29) is 11.6 Å². The second-order valence-corrected chi connectivity index (χ2v) is 6.81. The van der Waals surface area contributed by atoms with Gasteiger partial charge in [0.2, 0.25) is 5.91 Å². The van der Waals surface area contributed by atoms with E-state index in [0.29, 0.717) is 23.8 Å². The van der Waals surface area contributed by atoms with Crippen molar-refractivity contribution in [1.82, 2.24) is 0 Å². The Kier molecular flexibility index (Phi) is 7.40. The molecular formula is C18H19ClFNO2S. The molecule has 2 rings (SSSR count). The summed E-state index contributed by atoms with van der Waals surface area (Å²) in [6.07, 6.45) is 0.317. The Morgan fingerprint density at radius 2 is 2.04 bits per heavy atom. The zero-order valence-electron chi connectivity index (χ0n) is 13.4. The van der Waals surface area contributed by atoms with E-state index in [1.807, 2.05) is 31.2 Å². The van der Waals surface area contributed by atoms with Crippen molar-refractivity contribution in [2.75, 3.05) is 23.4 Å². The molecule has 0 aliphatic rings. The van der Waals surface area contributed by atoms with Gasteiger partial charge in [0.25, 0.3) is 0 Å². The number of ether oxygens (including phenoxy) is 1. The fourth-order valence-corrected chi connectivity index (χ4v) is 2.89. The fourth-order valence-electron chi connectivity index (χ4n) is 2.00. The Hall–Kier alpha value is -1.72. The van der Waals surface area contributed by atoms with E-state index in [9.17, 15) is 9.18 Å². The number of benzene rings is 2. The average molecular weight is 368 g/mol. The van der Waals surface area contributed by atoms with Crippen LogP contribution in [0.4, 0.5) is 10.1 Å². The maximum absolute atomic E-state index is 13.6. The Morgan fingerprint density at radius 3 is 2.79 bits per heavy atom. The molecule has 24 heavy (non-hydrogen) atoms. The standard InChI is InChI=1S/C18H19ClFNO2S/c1-13-4-2-3-5-17(13)23-9-11-24-10-8-18(22)21-16-7-6-14(19)12-15(16)20/h2-7,12H,8-11H2,1H3,(H,21,22). The van der Waals surface area contributed by atoms with Crippen molar-refractivity contribution in [3.63, 3.8) is 0 Å². The Bertz CT molecular complexity index is 696. The highest BCUT2D eigenvalue weighted by Crippen LogP contribution is 2.19. The van der Waals surface area contributed by atoms with Crippen molar-refractivity contribution in [1.29, 1.82) is 0 Å². The Morgan fingerprint density at radius 1 is 1.25 bits per heavy atom. The molecule has 1 amide bonds. The van der Waals surface area contributed by atoms with E-state index < -0.39 is 5.82 Å². The number of amides is 1. The van der Waals surface area contributed by atoms with Gasteiger partial charge in [-0.15, -0.1) is 0 Å². The van der Waals surface area contributed by atoms with Crippen molar-refractivity contribution < 1.29 is 13.9 Å². The number of hydrogen-bond donors (Lipinski definition) is 1. The highest BCUT2D eigenvalue weighted by Gasteiger charge is 2.07. The molecule has 0 aromatic heterocycles. The second-order valence-electron chi connectivity index (χ2n) is 5.15. The van der Waals surface area contributed by atoms with Crippen LogP contribution < -0.4 is 10.1 Å². The number of carbonyl (C=O) groups is 1. The van der Waals surface area contributed by atoms with Gasteiger partial charge in [-0.05, 0) is 36.8 Å². The lowest BCUT2D eigenvalue weighted by Crippen LogP contribution is -2.13. The molecule has 0 saturated carbocycles. The van der Waals surface area contributed by atoms with Gasteiger partial charge in [0.1, 0.15) is 11.6 Å². The molecule has 0 unspecified atom stereocenters. The number of hydrogen-bond acceptors (Lipinski definition) is 3. The molecule has 2 aromatic carbocycles. The van der Waals surface area contributed by atoms with Crippen LogP contribution >= 0.6 is 23.4 Å². The van der Waals surface area contributed by atoms with E-state index >= 15 is 0 Å². The van der Waals surface area contributed by atoms with Crippen molar-refractivity contribution in [2.45, 2.75) is 13.3 Å². The highest BCUT2D eigenvalue weighted by atomic mass is 35.5. The summed E-state index contributed by atoms with van der Waals surface area (Å²) < 4.78 is 19.3. The van der Waals surface area contributed by atoms with Gasteiger partial charge in [-0.3, -0.25) is 4.79 Å². The SMILES string of the molecule is Cc1ccccc1OCCSCCC(=O)Nc1ccc(Cl)cc1F. The van der Waals surface area contributed by atoms with E-state index in [1.165, 1.54) is 18.2 Å². The number of anilines is 1. The van der Waals surface area contributed by atoms with Gasteiger partial charge >= 0.3 is 0 Å². The van der Waals surface area contributed by atoms with Crippen molar-refractivity contribution in [3.05, 3.63) is 58.9 Å². The summed E-state index contributed by atoms with van der Waals surface area (Å²) in [5, 5.41) is 2.85. The molecule has 0 atom stereocenters. The summed E-state index contributed by atoms with van der Waals surface area (Å²) in [7, 11) is 0. The van der Waals surface area contributed by atoms with Gasteiger partial charge in [-0.1, -0.05) is 29.8 Å². The van der Waals surface area contributed by atoms with Crippen molar-refractivity contribution in [3.8, 4) is 5.75 Å². The molecule has 0 heterocycles. The average Bonchev–Trinajstić information content (AvgIpc) is 2.55. The third-order valence-electron chi connectivity index (χ3n) is 3.26. The molecule has 0 spiro atoms. The minimum absolute atomic E-state index is 0.150. The lowest BCUT2D eigenvalue weighted by atomic mass is 10.2. The minimum Gasteiger partial charge on any atom is -0.492 e. The van der Waals surface area contributed by atoms with E-state index in [0.717, 1.165) is 17.1 Å². The quantitative estimate of drug-likeness (QED) is 0.672. The number of carbonyl (C=O) groups excluding carboxylic acids is 1. The van der Waals surface area contributed by atoms with E-state index in [2.05, 4.69) is 5.32 Å². The van der Waals surface area contributed by atoms with Crippen molar-refractivity contribution >= 4 is 35.0 Å². The first-order valence-corrected chi connectivity index (χ1v) is 9.10. The van der Waals surface area contributed by atoms with Crippen LogP contribution in [-0.2, 0) is 4.79 Å². The van der Waals surface area contributed by atoms with Gasteiger partial charge in [-0.25, -0.2) is 4.39 Å². The second kappa shape index (κ2) is 9.55. The predicted octanol–water partition coefficient (Wildman–Crippen LogP) is 4.93. The molecule has 0 radical (unpaired) electrons. The first-order valence-electron chi connectivity index (χ1n) is 7.57. The molecule has 0 saturated heterocycles. The maximum atomic E-state index is 13.6. The first-order chi connectivity index (χ1) is 11.6. The molecule has 0 aliphatic heterocycles. The lowest BCUT2D eigenvalue weighted by Gasteiger charge is -2.09. The number of nitrogens with one attached hydrogen (secondary N) is 1. The van der Waals surface area contributed by atoms with Crippen LogP contribution in [0.5, 0.6) is 5.75 Å². The van der Waals surface area contributed by atoms with Crippen LogP contribution in [0.2, 0.25) is 5.02 Å². The highest BCUT2D eigenvalue weighted by molar-refractivity contribution is 7.99. The molecular weight excluding hydrogens is 349 g/mol. The van der Waals surface area contributed by atoms with Crippen LogP contribution in [-0.4, -0.2) is 24.0 Å². The zero-order valence-corrected chi connectivity index (χ0v) is 14.9. The summed E-state index contributed by atoms with van der Waals surface area (Å²) in [5.74, 6) is 1.57. The molecule has 3 nitrogen and oxygen atoms in total. The van der Waals surface area contributed by atoms with Crippen molar-refractivity contribution in [2.24, 2.45) is 0 Å². The summed E-state index contributed by atoms with van der Waals surface area (Å²) in [4.78, 5) is 11.8. The lowest BCUT2D eigenvalue weighted by molar-refractivity contribution is -0.115. The molecule has 0 bridgehead atoms. The van der Waals surface area contributed by atoms with Gasteiger partial charge in [0, 0.05) is 22.9 Å². The van der Waals surface area contributed by atoms with Crippen LogP contribution in [0, 0.1) is 12.7 Å². The topological polar surface area (TPSA) is 38.3 Å². The van der Waals surface area contributed by atoms with Gasteiger partial charge in [0.05, 0.1) is 12.3 Å².